The van der Waals surface area contributed by atoms with E-state index in [1.165, 1.54) is 145 Å². The summed E-state index contributed by atoms with van der Waals surface area (Å²) in [6, 6.07) is 55.3. The fourth-order valence-corrected chi connectivity index (χ4v) is 24.3. The first-order valence-electron chi connectivity index (χ1n) is 41.9. The molecule has 10 N–H and O–H groups in total. The number of aliphatic imine (C=N–C) groups is 5. The van der Waals surface area contributed by atoms with E-state index >= 15 is 0 Å². The van der Waals surface area contributed by atoms with Gasteiger partial charge in [-0.05, 0) is 228 Å². The standard InChI is InChI=1S/C27H25N5OS.C18H17BrClF2N3OS.2C18H17ClN4O2S.C17H17N5OS2/c1-26(2,16-29)20-10-8-18(9-11-20)23-24(33)32(4)25(30)31-27(23,3)22-13-12-21(34-22)19-7-5-6-17(14-19)15-28;1-17(14-11(20)8-12(19)27-14)13(15(26)25(3)16(23)24-17)9-4-6-10(7-5-9)18(2,21)22;2*1-18(15(25-3)16(24)23(2)17(21)22-18)14-7-12(9-26-14)11-4-10(8-20)5-13(19)6-11;1-17(14(24-3)15(23)22(2)16(19)21-17)13-5-12(9-25-13)11-4-10(6-18)7-20-8-11/h5-14,23H,1-4H3,(H2,30,31);4-8,13H,1-3H3,(H2,23,24);2*4-7,9,15H,1-3H3,(H2,21,22);4-5,7-9,14H,1-3H3,(H2,19,21)/t23-,27+;13?,17-;15?,18-;;14?,17-/m001.1/s1. The number of nitrogens with zero attached hydrogens (tertiary/aromatic N) is 16. The van der Waals surface area contributed by atoms with Gasteiger partial charge < -0.3 is 38.1 Å². The fraction of sp³-hybridized carbons (Fsp3) is 0.286. The van der Waals surface area contributed by atoms with E-state index in [4.69, 9.17) is 93.7 Å². The van der Waals surface area contributed by atoms with Crippen LogP contribution >= 0.6 is 119 Å². The van der Waals surface area contributed by atoms with Crippen molar-refractivity contribution in [1.82, 2.24) is 29.5 Å². The number of ether oxygens (including phenoxy) is 2. The van der Waals surface area contributed by atoms with Crippen LogP contribution in [0.2, 0.25) is 15.1 Å². The second kappa shape index (κ2) is 41.6. The molecule has 0 aliphatic carbocycles. The van der Waals surface area contributed by atoms with Gasteiger partial charge in [-0.2, -0.15) is 26.3 Å². The molecule has 0 saturated heterocycles. The van der Waals surface area contributed by atoms with E-state index in [1.54, 1.807) is 95.9 Å². The zero-order chi connectivity index (χ0) is 101. The van der Waals surface area contributed by atoms with Gasteiger partial charge in [-0.25, -0.2) is 33.7 Å². The molecular weight excluding hydrogens is 2000 g/mol. The first-order chi connectivity index (χ1) is 65.0. The quantitative estimate of drug-likeness (QED) is 0.0600. The molecule has 5 unspecified atom stereocenters. The van der Waals surface area contributed by atoms with Crippen LogP contribution < -0.4 is 28.7 Å². The number of guanidine groups is 5. The number of nitriles is 5. The monoisotopic (exact) mass is 2090 g/mol. The highest BCUT2D eigenvalue weighted by Crippen LogP contribution is 2.53. The smallest absolute Gasteiger partial charge is 0.270 e. The largest absolute Gasteiger partial charge is 0.369 e. The molecule has 11 heterocycles. The molecule has 6 aromatic heterocycles. The van der Waals surface area contributed by atoms with Crippen molar-refractivity contribution in [2.75, 3.05) is 55.7 Å². The lowest BCUT2D eigenvalue weighted by molar-refractivity contribution is -0.143. The third-order valence-corrected chi connectivity index (χ3v) is 33.0. The Hall–Kier alpha value is -12.6. The van der Waals surface area contributed by atoms with Gasteiger partial charge in [0.15, 0.2) is 42.0 Å². The van der Waals surface area contributed by atoms with E-state index in [-0.39, 0.29) is 70.1 Å². The van der Waals surface area contributed by atoms with Gasteiger partial charge in [0.25, 0.3) is 17.7 Å². The number of carbonyl (C=O) groups is 5. The number of alkyl halides is 2. The van der Waals surface area contributed by atoms with Crippen molar-refractivity contribution in [3.63, 3.8) is 0 Å². The van der Waals surface area contributed by atoms with E-state index in [0.29, 0.717) is 47.8 Å². The Morgan fingerprint density at radius 1 is 0.442 bits per heavy atom. The Kier molecular flexibility index (Phi) is 31.4. The van der Waals surface area contributed by atoms with Gasteiger partial charge >= 0.3 is 0 Å². The van der Waals surface area contributed by atoms with Crippen molar-refractivity contribution in [2.24, 2.45) is 53.6 Å². The van der Waals surface area contributed by atoms with Crippen LogP contribution in [0, 0.1) is 56.7 Å². The van der Waals surface area contributed by atoms with Crippen LogP contribution in [-0.2, 0) is 72.5 Å². The third kappa shape index (κ3) is 20.9. The molecule has 11 aromatic rings. The van der Waals surface area contributed by atoms with E-state index in [0.717, 1.165) is 85.2 Å². The predicted octanol–water partition coefficient (Wildman–Crippen LogP) is 18.3. The molecule has 16 rings (SSSR count). The Morgan fingerprint density at radius 3 is 1.27 bits per heavy atom. The highest BCUT2D eigenvalue weighted by molar-refractivity contribution is 9.11. The summed E-state index contributed by atoms with van der Waals surface area (Å²) in [5.74, 6) is -4.47. The maximum absolute atomic E-state index is 13.6. The SMILES string of the molecule is CN1C(=O)C(c2ccc(C(C)(F)F)cc2)[C@@](C)(c2sc(Br)cc2Cl)N=C1N.CN1C(=O)[C@H](c2ccc(C(C)(C)C#N)cc2)[C@@](C)(c2ccc(-c3cccc(C#N)c3)s2)N=C1N.COC1C(=O)N(C)C(N)=NC1(C)c1cc(-c2cc(Cl)cc(C#N)c2)cs1.COC1C(=O)N(C)C(N)=N[C@]1(C)c1cc(-c2cc(Cl)cc(C#N)c2)cs1.CSC1C(=O)N(C)C(N)=N[C@]1(C)c1cc(-c2cncc(C#N)c2)cs1. The lowest BCUT2D eigenvalue weighted by Gasteiger charge is -2.40. The van der Waals surface area contributed by atoms with E-state index in [1.807, 2.05) is 137 Å². The van der Waals surface area contributed by atoms with Crippen LogP contribution in [0.15, 0.2) is 209 Å². The van der Waals surface area contributed by atoms with Gasteiger partial charge in [0.2, 0.25) is 17.7 Å². The predicted molar refractivity (Wildman–Crippen MR) is 547 cm³/mol. The minimum atomic E-state index is -2.96. The maximum Gasteiger partial charge on any atom is 0.270 e. The number of hydrogen-bond acceptors (Lipinski definition) is 29. The zero-order valence-electron chi connectivity index (χ0n) is 77.3. The second-order valence-electron chi connectivity index (χ2n) is 34.1. The summed E-state index contributed by atoms with van der Waals surface area (Å²) in [5, 5.41) is 53.0. The molecule has 10 atom stereocenters. The van der Waals surface area contributed by atoms with Crippen LogP contribution in [0.1, 0.15) is 136 Å². The number of carbonyl (C=O) groups excluding carboxylic acids is 5. The zero-order valence-corrected chi connectivity index (χ0v) is 86.1. The Labute approximate surface area is 844 Å². The van der Waals surface area contributed by atoms with Crippen molar-refractivity contribution in [3.05, 3.63) is 268 Å². The first-order valence-corrected chi connectivity index (χ1v) is 49.4. The number of thiophene rings is 5. The summed E-state index contributed by atoms with van der Waals surface area (Å²) in [4.78, 5) is 103. The molecule has 0 saturated carbocycles. The number of aromatic nitrogens is 1. The van der Waals surface area contributed by atoms with Crippen molar-refractivity contribution in [2.45, 2.75) is 124 Å². The number of nitrogens with two attached hydrogens (primary N) is 5. The van der Waals surface area contributed by atoms with Crippen LogP contribution in [0.5, 0.6) is 0 Å². The topological polar surface area (TPSA) is 444 Å². The molecule has 28 nitrogen and oxygen atoms in total. The van der Waals surface area contributed by atoms with E-state index in [2.05, 4.69) is 71.2 Å². The number of rotatable bonds is 16. The molecular formula is C98H93BrCl3F2N21O7S6. The Bertz CT molecular complexity index is 6850. The average molecular weight is 2090 g/mol. The molecule has 40 heteroatoms. The lowest BCUT2D eigenvalue weighted by Crippen LogP contribution is -2.57. The highest BCUT2D eigenvalue weighted by atomic mass is 79.9. The number of likely N-dealkylation sites (N-methyl/N-ethyl adjacent to an activating group) is 4. The Morgan fingerprint density at radius 2 is 0.841 bits per heavy atom. The summed E-state index contributed by atoms with van der Waals surface area (Å²) < 4.78 is 38.8. The number of pyridine rings is 1. The summed E-state index contributed by atoms with van der Waals surface area (Å²) in [6.45, 7) is 13.9. The summed E-state index contributed by atoms with van der Waals surface area (Å²) >= 11 is 30.8. The van der Waals surface area contributed by atoms with Crippen molar-refractivity contribution >= 4 is 179 Å². The van der Waals surface area contributed by atoms with Crippen molar-refractivity contribution in [1.29, 1.82) is 26.3 Å². The molecule has 0 spiro atoms. The molecule has 5 aromatic carbocycles. The van der Waals surface area contributed by atoms with Gasteiger partial charge in [0, 0.05) is 114 Å². The van der Waals surface area contributed by atoms with Crippen LogP contribution in [0.4, 0.5) is 8.78 Å². The number of benzene rings is 5. The summed E-state index contributed by atoms with van der Waals surface area (Å²) in [6.07, 6.45) is 3.60. The number of halogens is 6. The molecule has 5 aliphatic rings. The molecule has 0 radical (unpaired) electrons. The van der Waals surface area contributed by atoms with Crippen LogP contribution in [0.3, 0.4) is 0 Å². The lowest BCUT2D eigenvalue weighted by atomic mass is 9.76. The van der Waals surface area contributed by atoms with Gasteiger partial charge in [0.05, 0.1) is 77.5 Å². The number of amides is 5. The van der Waals surface area contributed by atoms with Gasteiger partial charge in [0.1, 0.15) is 39.0 Å². The van der Waals surface area contributed by atoms with Crippen molar-refractivity contribution in [3.8, 4) is 74.2 Å². The fourth-order valence-electron chi connectivity index (χ4n) is 16.3. The summed E-state index contributed by atoms with van der Waals surface area (Å²) in [5.41, 5.74) is 35.2. The van der Waals surface area contributed by atoms with Crippen LogP contribution in [-0.4, -0.2) is 162 Å². The molecule has 138 heavy (non-hydrogen) atoms. The molecule has 0 fully saturated rings. The normalized spacial score (nSPS) is 22.5. The summed E-state index contributed by atoms with van der Waals surface area (Å²) in [7, 11) is 10.9. The van der Waals surface area contributed by atoms with E-state index in [9.17, 15) is 43.3 Å². The van der Waals surface area contributed by atoms with Crippen molar-refractivity contribution < 1.29 is 42.2 Å². The van der Waals surface area contributed by atoms with Gasteiger partial charge in [-0.15, -0.1) is 68.4 Å². The average Bonchev–Trinajstić information content (AvgIpc) is 1.34. The molecule has 0 bridgehead atoms. The minimum absolute atomic E-state index is 0.0504. The molecule has 5 aliphatic heterocycles. The Balaban J connectivity index is 0.000000155. The second-order valence-corrected chi connectivity index (χ2v) is 42.6. The van der Waals surface area contributed by atoms with E-state index < -0.39 is 63.1 Å². The maximum atomic E-state index is 13.6. The number of methoxy groups -OCH3 is 2. The third-order valence-electron chi connectivity index (χ3n) is 24.3. The first kappa shape index (κ1) is 104. The molecule has 710 valence electrons. The van der Waals surface area contributed by atoms with Gasteiger partial charge in [-0.3, -0.25) is 53.5 Å². The number of hydrogen-bond donors (Lipinski definition) is 5. The minimum Gasteiger partial charge on any atom is -0.369 e. The number of thioether (sulfide) groups is 1. The van der Waals surface area contributed by atoms with Crippen LogP contribution in [0.25, 0.3) is 43.8 Å². The molecule has 5 amide bonds. The highest BCUT2D eigenvalue weighted by Gasteiger charge is 2.54. The van der Waals surface area contributed by atoms with Gasteiger partial charge in [-0.1, -0.05) is 95.5 Å².